The van der Waals surface area contributed by atoms with Crippen LogP contribution in [-0.2, 0) is 70.1 Å². The minimum absolute atomic E-state index is 0.00828. The summed E-state index contributed by atoms with van der Waals surface area (Å²) in [6.45, 7) is 2.66. The Labute approximate surface area is 592 Å². The van der Waals surface area contributed by atoms with Gasteiger partial charge in [0.1, 0.15) is 47.8 Å². The molecule has 100 heavy (non-hydrogen) atoms. The molecule has 3 aliphatic heterocycles. The number of halogens is 4. The molecule has 1 aromatic rings. The van der Waals surface area contributed by atoms with E-state index >= 15 is 28.8 Å². The van der Waals surface area contributed by atoms with Crippen molar-refractivity contribution in [2.45, 2.75) is 228 Å². The highest BCUT2D eigenvalue weighted by Gasteiger charge is 2.51. The maximum absolute atomic E-state index is 15.8. The summed E-state index contributed by atoms with van der Waals surface area (Å²) in [6, 6.07) is -5.86. The van der Waals surface area contributed by atoms with Gasteiger partial charge < -0.3 is 60.0 Å². The summed E-state index contributed by atoms with van der Waals surface area (Å²) in [5, 5.41) is 7.98. The molecule has 1 spiro atoms. The number of carbonyl (C=O) groups is 12. The van der Waals surface area contributed by atoms with Gasteiger partial charge in [0.25, 0.3) is 0 Å². The lowest BCUT2D eigenvalue weighted by atomic mass is 9.81. The van der Waals surface area contributed by atoms with Gasteiger partial charge in [0.15, 0.2) is 0 Å². The molecule has 3 saturated heterocycles. The van der Waals surface area contributed by atoms with Gasteiger partial charge in [0, 0.05) is 75.4 Å². The average molecular weight is 1420 g/mol. The zero-order valence-electron chi connectivity index (χ0n) is 59.9. The number of piperidine rings is 1. The molecule has 3 aliphatic carbocycles. The summed E-state index contributed by atoms with van der Waals surface area (Å²) in [7, 11) is 9.81. The number of nitrogens with one attached hydrogen (secondary N) is 3. The van der Waals surface area contributed by atoms with Crippen LogP contribution < -0.4 is 16.0 Å². The lowest BCUT2D eigenvalue weighted by molar-refractivity contribution is -0.157. The first-order valence-corrected chi connectivity index (χ1v) is 36.3. The summed E-state index contributed by atoms with van der Waals surface area (Å²) < 4.78 is 41.6. The molecule has 28 heteroatoms. The van der Waals surface area contributed by atoms with Crippen molar-refractivity contribution in [1.82, 2.24) is 60.0 Å². The molecule has 3 heterocycles. The van der Waals surface area contributed by atoms with E-state index in [9.17, 15) is 41.9 Å². The van der Waals surface area contributed by atoms with Gasteiger partial charge in [-0.3, -0.25) is 57.5 Å². The topological polar surface area (TPSA) is 270 Å². The van der Waals surface area contributed by atoms with Crippen LogP contribution in [0.15, 0.2) is 18.2 Å². The third-order valence-corrected chi connectivity index (χ3v) is 21.8. The molecule has 3 N–H and O–H groups in total. The fourth-order valence-corrected chi connectivity index (χ4v) is 15.8. The lowest BCUT2D eigenvalue weighted by Gasteiger charge is -2.43. The summed E-state index contributed by atoms with van der Waals surface area (Å²) >= 11 is 6.16. The second-order valence-electron chi connectivity index (χ2n) is 29.3. The molecule has 0 unspecified atom stereocenters. The zero-order chi connectivity index (χ0) is 73.5. The number of benzene rings is 1. The van der Waals surface area contributed by atoms with Crippen molar-refractivity contribution in [3.63, 3.8) is 0 Å². The maximum atomic E-state index is 15.8. The number of rotatable bonds is 10. The molecule has 0 bridgehead atoms. The Balaban J connectivity index is 1.28. The van der Waals surface area contributed by atoms with Crippen LogP contribution in [0.3, 0.4) is 0 Å². The summed E-state index contributed by atoms with van der Waals surface area (Å²) in [6.07, 6.45) is 11.9. The standard InChI is InChI=1S/C72H106ClF3N12O12/c1-11-24-52-65(95)82(6)44-60(91)80(4)45-61(92)84(8)56(41-47-25-15-12-16-26-47)67(97)81(5)43-58(89)77-53(33-31-48-30-32-50(51(73)40-48)72(74,75)76)66(96)88-38-23-29-54(88)64(94)79-71(34-19-20-35-71)70(100)86(10)62(49-27-17-13-18-28-49)69(99)85(9)57(68(98)87-36-21-14-22-37-87)42-59(90)83(7)55(39-46(2)3)63(93)78-52/h1,30,32,40,46-47,49,52-57,62H,12-29,31,33-39,41-45H2,2-10H3,(H,77,89)(H,78,93)(H,79,94)/t52-,53-,54-,55-,56-,57-,62-/m0/s1. The van der Waals surface area contributed by atoms with E-state index in [-0.39, 0.29) is 69.7 Å². The number of fused-ring (bicyclic) bond motifs is 1. The Bertz CT molecular complexity index is 3180. The van der Waals surface area contributed by atoms with Gasteiger partial charge in [-0.15, -0.1) is 12.3 Å². The zero-order valence-corrected chi connectivity index (χ0v) is 60.7. The van der Waals surface area contributed by atoms with E-state index < -0.39 is 167 Å². The van der Waals surface area contributed by atoms with Crippen LogP contribution in [0.2, 0.25) is 5.02 Å². The number of likely N-dealkylation sites (N-methyl/N-ethyl adjacent to an activating group) is 7. The van der Waals surface area contributed by atoms with Gasteiger partial charge >= 0.3 is 6.18 Å². The van der Waals surface area contributed by atoms with E-state index in [0.717, 1.165) is 84.6 Å². The average Bonchev–Trinajstić information content (AvgIpc) is 1.45. The number of nitrogens with zero attached hydrogens (tertiary/aromatic N) is 9. The Hall–Kier alpha value is -7.50. The van der Waals surface area contributed by atoms with Gasteiger partial charge in [0.2, 0.25) is 70.9 Å². The molecule has 24 nitrogen and oxygen atoms in total. The van der Waals surface area contributed by atoms with E-state index in [0.29, 0.717) is 63.6 Å². The molecule has 6 fully saturated rings. The monoisotopic (exact) mass is 1420 g/mol. The maximum Gasteiger partial charge on any atom is 0.417 e. The van der Waals surface area contributed by atoms with E-state index in [1.807, 2.05) is 13.8 Å². The highest BCUT2D eigenvalue weighted by molar-refractivity contribution is 6.31. The third kappa shape index (κ3) is 20.2. The highest BCUT2D eigenvalue weighted by Crippen LogP contribution is 2.38. The first kappa shape index (κ1) is 79.8. The number of alkyl halides is 3. The fraction of sp³-hybridized carbons (Fsp3) is 0.722. The van der Waals surface area contributed by atoms with Crippen LogP contribution in [0.1, 0.15) is 179 Å². The minimum atomic E-state index is -4.76. The number of likely N-dealkylation sites (tertiary alicyclic amines) is 1. The summed E-state index contributed by atoms with van der Waals surface area (Å²) in [4.78, 5) is 190. The molecule has 554 valence electrons. The van der Waals surface area contributed by atoms with Gasteiger partial charge in [-0.1, -0.05) is 95.7 Å². The van der Waals surface area contributed by atoms with Gasteiger partial charge in [-0.05, 0) is 119 Å². The molecule has 0 radical (unpaired) electrons. The first-order chi connectivity index (χ1) is 47.3. The van der Waals surface area contributed by atoms with Gasteiger partial charge in [-0.2, -0.15) is 13.2 Å². The second kappa shape index (κ2) is 35.9. The molecular formula is C72H106ClF3N12O12. The number of hydrogen-bond donors (Lipinski definition) is 3. The van der Waals surface area contributed by atoms with Crippen molar-refractivity contribution in [2.75, 3.05) is 88.6 Å². The van der Waals surface area contributed by atoms with Crippen LogP contribution in [-0.4, -0.2) is 251 Å². The van der Waals surface area contributed by atoms with Crippen molar-refractivity contribution in [1.29, 1.82) is 0 Å². The Morgan fingerprint density at radius 1 is 0.630 bits per heavy atom. The second-order valence-corrected chi connectivity index (χ2v) is 29.7. The molecule has 1 aromatic carbocycles. The van der Waals surface area contributed by atoms with Crippen LogP contribution in [0, 0.1) is 30.1 Å². The number of amides is 12. The predicted octanol–water partition coefficient (Wildman–Crippen LogP) is 5.40. The Morgan fingerprint density at radius 3 is 1.84 bits per heavy atom. The minimum Gasteiger partial charge on any atom is -0.343 e. The molecular weight excluding hydrogens is 1320 g/mol. The van der Waals surface area contributed by atoms with Crippen molar-refractivity contribution in [3.05, 3.63) is 34.3 Å². The highest BCUT2D eigenvalue weighted by atomic mass is 35.5. The van der Waals surface area contributed by atoms with Crippen molar-refractivity contribution in [3.8, 4) is 12.3 Å². The normalized spacial score (nSPS) is 26.5. The Kier molecular flexibility index (Phi) is 28.6. The fourth-order valence-electron chi connectivity index (χ4n) is 15.5. The molecule has 12 amide bonds. The number of carbonyl (C=O) groups excluding carboxylic acids is 12. The van der Waals surface area contributed by atoms with Gasteiger partial charge in [0.05, 0.1) is 36.6 Å². The molecule has 7 atom stereocenters. The van der Waals surface area contributed by atoms with E-state index in [2.05, 4.69) is 21.9 Å². The van der Waals surface area contributed by atoms with Crippen LogP contribution in [0.4, 0.5) is 13.2 Å². The molecule has 3 saturated carbocycles. The van der Waals surface area contributed by atoms with Crippen LogP contribution in [0.25, 0.3) is 0 Å². The van der Waals surface area contributed by atoms with E-state index in [4.69, 9.17) is 18.0 Å². The lowest BCUT2D eigenvalue weighted by Crippen LogP contribution is -2.65. The van der Waals surface area contributed by atoms with Gasteiger partial charge in [-0.25, -0.2) is 0 Å². The number of hydrogen-bond acceptors (Lipinski definition) is 12. The molecule has 7 rings (SSSR count). The van der Waals surface area contributed by atoms with E-state index in [1.54, 1.807) is 4.90 Å². The van der Waals surface area contributed by atoms with Crippen LogP contribution in [0.5, 0.6) is 0 Å². The number of aryl methyl sites for hydroxylation is 1. The molecule has 6 aliphatic rings. The SMILES string of the molecule is C#CC[C@@H]1NC(=O)[C@H](CC(C)C)N(C)C(=O)C[C@@H](C(=O)N2CCCCC2)N(C)C(=O)[C@H](C2CCCCC2)N(C)C(=O)C2(CCCC2)NC(=O)[C@@H]2CCCN2C(=O)[C@H](CCc2ccc(C(F)(F)F)c(Cl)c2)NC(=O)CN(C)C(=O)[C@H](CC2CCCCC2)N(C)C(=O)CN(C)C(=O)CN(C)C1=O. The summed E-state index contributed by atoms with van der Waals surface area (Å²) in [5.41, 5.74) is -2.35. The van der Waals surface area contributed by atoms with Crippen molar-refractivity contribution >= 4 is 82.5 Å². The largest absolute Gasteiger partial charge is 0.417 e. The predicted molar refractivity (Wildman–Crippen MR) is 368 cm³/mol. The first-order valence-electron chi connectivity index (χ1n) is 35.9. The smallest absolute Gasteiger partial charge is 0.343 e. The third-order valence-electron chi connectivity index (χ3n) is 21.5. The van der Waals surface area contributed by atoms with Crippen LogP contribution >= 0.6 is 11.6 Å². The Morgan fingerprint density at radius 2 is 1.23 bits per heavy atom. The van der Waals surface area contributed by atoms with Crippen molar-refractivity contribution < 1.29 is 70.7 Å². The number of terminal acetylenes is 1. The quantitative estimate of drug-likeness (QED) is 0.249. The summed E-state index contributed by atoms with van der Waals surface area (Å²) in [5.74, 6) is -6.26. The molecule has 0 aromatic heterocycles. The van der Waals surface area contributed by atoms with Crippen molar-refractivity contribution in [2.24, 2.45) is 17.8 Å². The van der Waals surface area contributed by atoms with E-state index in [1.165, 1.54) is 79.9 Å².